The van der Waals surface area contributed by atoms with Crippen LogP contribution in [0.2, 0.25) is 0 Å². The molecule has 2 N–H and O–H groups in total. The predicted octanol–water partition coefficient (Wildman–Crippen LogP) is -0.335. The summed E-state index contributed by atoms with van der Waals surface area (Å²) in [7, 11) is 0. The van der Waals surface area contributed by atoms with Crippen LogP contribution in [0.3, 0.4) is 0 Å². The normalized spacial score (nSPS) is 19.5. The van der Waals surface area contributed by atoms with Crippen LogP contribution in [-0.2, 0) is 4.79 Å². The maximum absolute atomic E-state index is 11.5. The number of amides is 1. The fourth-order valence-electron chi connectivity index (χ4n) is 1.24. The van der Waals surface area contributed by atoms with Crippen LogP contribution in [0.25, 0.3) is 0 Å². The second kappa shape index (κ2) is 3.41. The highest BCUT2D eigenvalue weighted by Crippen LogP contribution is 2.18. The summed E-state index contributed by atoms with van der Waals surface area (Å²) in [6.45, 7) is 1.60. The lowest BCUT2D eigenvalue weighted by Gasteiger charge is -2.29. The third-order valence-corrected chi connectivity index (χ3v) is 2.69. The molecule has 0 atom stereocenters. The van der Waals surface area contributed by atoms with Gasteiger partial charge in [-0.3, -0.25) is 15.5 Å². The van der Waals surface area contributed by atoms with E-state index >= 15 is 0 Å². The Hall–Kier alpha value is -0.980. The minimum atomic E-state index is 0.0173. The maximum Gasteiger partial charge on any atom is 0.244 e. The zero-order valence-corrected chi connectivity index (χ0v) is 7.83. The van der Waals surface area contributed by atoms with E-state index in [2.05, 4.69) is 4.98 Å². The van der Waals surface area contributed by atoms with E-state index in [1.807, 2.05) is 5.38 Å². The fraction of sp³-hybridized carbons (Fsp3) is 0.429. The average Bonchev–Trinajstić information content (AvgIpc) is 2.56. The number of carbonyl (C=O) groups is 1. The van der Waals surface area contributed by atoms with Gasteiger partial charge in [0, 0.05) is 24.7 Å². The highest BCUT2D eigenvalue weighted by atomic mass is 32.1. The first-order valence-corrected chi connectivity index (χ1v) is 4.85. The molecule has 1 aromatic rings. The first kappa shape index (κ1) is 8.61. The van der Waals surface area contributed by atoms with Gasteiger partial charge in [0.1, 0.15) is 0 Å². The summed E-state index contributed by atoms with van der Waals surface area (Å²) in [5.41, 5.74) is 0. The maximum atomic E-state index is 11.5. The molecule has 6 heteroatoms. The van der Waals surface area contributed by atoms with E-state index in [-0.39, 0.29) is 12.5 Å². The van der Waals surface area contributed by atoms with Crippen molar-refractivity contribution in [1.29, 1.82) is 0 Å². The summed E-state index contributed by atoms with van der Waals surface area (Å²) in [6.07, 6.45) is 1.70. The van der Waals surface area contributed by atoms with Gasteiger partial charge in [-0.25, -0.2) is 9.99 Å². The molecule has 70 valence electrons. The summed E-state index contributed by atoms with van der Waals surface area (Å²) in [5.74, 6) is 5.53. The van der Waals surface area contributed by atoms with Crippen LogP contribution in [0.5, 0.6) is 0 Å². The summed E-state index contributed by atoms with van der Waals surface area (Å²) >= 11 is 1.47. The number of carbonyl (C=O) groups excluding carboxylic acids is 1. The van der Waals surface area contributed by atoms with Gasteiger partial charge in [0.05, 0.1) is 6.54 Å². The molecule has 1 amide bonds. The number of aromatic nitrogens is 1. The molecule has 0 unspecified atom stereocenters. The number of nitrogens with two attached hydrogens (primary N) is 1. The van der Waals surface area contributed by atoms with Crippen molar-refractivity contribution in [2.45, 2.75) is 0 Å². The van der Waals surface area contributed by atoms with Gasteiger partial charge in [-0.1, -0.05) is 0 Å². The van der Waals surface area contributed by atoms with Crippen molar-refractivity contribution in [2.75, 3.05) is 24.5 Å². The lowest BCUT2D eigenvalue weighted by molar-refractivity contribution is -0.121. The van der Waals surface area contributed by atoms with Gasteiger partial charge < -0.3 is 0 Å². The number of nitrogens with zero attached hydrogens (tertiary/aromatic N) is 3. The van der Waals surface area contributed by atoms with E-state index in [0.29, 0.717) is 13.1 Å². The Morgan fingerprint density at radius 3 is 3.00 bits per heavy atom. The summed E-state index contributed by atoms with van der Waals surface area (Å²) in [5, 5.41) is 4.14. The van der Waals surface area contributed by atoms with Gasteiger partial charge in [0.15, 0.2) is 5.13 Å². The van der Waals surface area contributed by atoms with Crippen molar-refractivity contribution in [2.24, 2.45) is 5.84 Å². The molecule has 1 fully saturated rings. The first-order valence-electron chi connectivity index (χ1n) is 3.97. The highest BCUT2D eigenvalue weighted by molar-refractivity contribution is 7.13. The molecule has 0 bridgehead atoms. The Morgan fingerprint density at radius 2 is 2.38 bits per heavy atom. The van der Waals surface area contributed by atoms with Gasteiger partial charge in [0.2, 0.25) is 5.91 Å². The Morgan fingerprint density at radius 1 is 1.54 bits per heavy atom. The van der Waals surface area contributed by atoms with Gasteiger partial charge in [-0.05, 0) is 0 Å². The van der Waals surface area contributed by atoms with Crippen molar-refractivity contribution >= 4 is 22.4 Å². The molecule has 0 aliphatic carbocycles. The van der Waals surface area contributed by atoms with E-state index in [1.54, 1.807) is 11.1 Å². The monoisotopic (exact) mass is 198 g/mol. The summed E-state index contributed by atoms with van der Waals surface area (Å²) in [4.78, 5) is 17.2. The average molecular weight is 198 g/mol. The van der Waals surface area contributed by atoms with Crippen molar-refractivity contribution in [1.82, 2.24) is 9.99 Å². The quantitative estimate of drug-likeness (QED) is 0.627. The fourth-order valence-corrected chi connectivity index (χ4v) is 1.93. The van der Waals surface area contributed by atoms with Crippen LogP contribution in [0.4, 0.5) is 5.13 Å². The molecule has 5 nitrogen and oxygen atoms in total. The number of thiazole rings is 1. The number of hydrogen-bond donors (Lipinski definition) is 1. The molecule has 2 heterocycles. The van der Waals surface area contributed by atoms with Gasteiger partial charge in [-0.15, -0.1) is 11.3 Å². The lowest BCUT2D eigenvalue weighted by atomic mass is 10.4. The summed E-state index contributed by atoms with van der Waals surface area (Å²) in [6, 6.07) is 0. The van der Waals surface area contributed by atoms with Crippen LogP contribution in [0.15, 0.2) is 11.6 Å². The van der Waals surface area contributed by atoms with Crippen LogP contribution in [0.1, 0.15) is 0 Å². The number of hydrazine groups is 1. The van der Waals surface area contributed by atoms with E-state index in [1.165, 1.54) is 16.3 Å². The van der Waals surface area contributed by atoms with Crippen LogP contribution < -0.4 is 10.7 Å². The number of piperazine rings is 1. The molecule has 0 radical (unpaired) electrons. The molecule has 0 saturated carbocycles. The molecule has 1 aliphatic heterocycles. The second-order valence-corrected chi connectivity index (χ2v) is 3.70. The van der Waals surface area contributed by atoms with Crippen LogP contribution >= 0.6 is 11.3 Å². The van der Waals surface area contributed by atoms with Gasteiger partial charge in [0.25, 0.3) is 0 Å². The minimum Gasteiger partial charge on any atom is -0.286 e. The van der Waals surface area contributed by atoms with Crippen LogP contribution in [-0.4, -0.2) is 35.5 Å². The van der Waals surface area contributed by atoms with Crippen LogP contribution in [0, 0.1) is 0 Å². The SMILES string of the molecule is NN1CCN(c2nccs2)C(=O)C1. The molecular formula is C7H10N4OS. The molecule has 1 aliphatic rings. The molecule has 1 saturated heterocycles. The Labute approximate surface area is 79.7 Å². The zero-order chi connectivity index (χ0) is 9.26. The van der Waals surface area contributed by atoms with Gasteiger partial charge >= 0.3 is 0 Å². The molecule has 13 heavy (non-hydrogen) atoms. The van der Waals surface area contributed by atoms with Crippen molar-refractivity contribution < 1.29 is 4.79 Å². The predicted molar refractivity (Wildman–Crippen MR) is 50.2 cm³/mol. The third-order valence-electron chi connectivity index (χ3n) is 1.90. The number of rotatable bonds is 1. The van der Waals surface area contributed by atoms with E-state index in [0.717, 1.165) is 5.13 Å². The smallest absolute Gasteiger partial charge is 0.244 e. The topological polar surface area (TPSA) is 62.5 Å². The Bertz CT molecular complexity index is 299. The largest absolute Gasteiger partial charge is 0.286 e. The molecule has 2 rings (SSSR count). The Balaban J connectivity index is 2.13. The van der Waals surface area contributed by atoms with Crippen molar-refractivity contribution in [3.05, 3.63) is 11.6 Å². The van der Waals surface area contributed by atoms with Crippen molar-refractivity contribution in [3.63, 3.8) is 0 Å². The molecule has 0 aromatic carbocycles. The standard InChI is InChI=1S/C7H10N4OS/c8-10-2-3-11(6(12)5-10)7-9-1-4-13-7/h1,4H,2-3,5,8H2. The summed E-state index contributed by atoms with van der Waals surface area (Å²) < 4.78 is 0. The minimum absolute atomic E-state index is 0.0173. The lowest BCUT2D eigenvalue weighted by Crippen LogP contribution is -2.53. The highest BCUT2D eigenvalue weighted by Gasteiger charge is 2.24. The van der Waals surface area contributed by atoms with E-state index < -0.39 is 0 Å². The van der Waals surface area contributed by atoms with Crippen molar-refractivity contribution in [3.8, 4) is 0 Å². The second-order valence-electron chi connectivity index (χ2n) is 2.83. The zero-order valence-electron chi connectivity index (χ0n) is 7.01. The first-order chi connectivity index (χ1) is 6.27. The van der Waals surface area contributed by atoms with E-state index in [9.17, 15) is 4.79 Å². The van der Waals surface area contributed by atoms with E-state index in [4.69, 9.17) is 5.84 Å². The number of hydrogen-bond acceptors (Lipinski definition) is 5. The third kappa shape index (κ3) is 1.69. The molecular weight excluding hydrogens is 188 g/mol. The molecule has 1 aromatic heterocycles. The van der Waals surface area contributed by atoms with Gasteiger partial charge in [-0.2, -0.15) is 0 Å². The Kier molecular flexibility index (Phi) is 2.26. The molecule has 0 spiro atoms. The number of anilines is 1.